The van der Waals surface area contributed by atoms with Gasteiger partial charge in [0.25, 0.3) is 0 Å². The molecule has 0 spiro atoms. The van der Waals surface area contributed by atoms with Crippen molar-refractivity contribution in [2.24, 2.45) is 0 Å². The van der Waals surface area contributed by atoms with E-state index in [1.54, 1.807) is 12.1 Å². The van der Waals surface area contributed by atoms with E-state index in [0.29, 0.717) is 11.3 Å². The molecule has 1 aliphatic heterocycles. The maximum Gasteiger partial charge on any atom is 0.178 e. The molecule has 1 aliphatic rings. The van der Waals surface area contributed by atoms with Crippen LogP contribution in [0.1, 0.15) is 32.6 Å². The average molecular weight is 295 g/mol. The molecule has 0 bridgehead atoms. The van der Waals surface area contributed by atoms with Gasteiger partial charge in [-0.15, -0.1) is 0 Å². The summed E-state index contributed by atoms with van der Waals surface area (Å²) in [5.74, 6) is 0.174. The quantitative estimate of drug-likeness (QED) is 0.783. The molecule has 1 aromatic rings. The fourth-order valence-electron chi connectivity index (χ4n) is 2.65. The van der Waals surface area contributed by atoms with Crippen molar-refractivity contribution in [3.05, 3.63) is 24.3 Å². The van der Waals surface area contributed by atoms with E-state index in [9.17, 15) is 13.2 Å². The minimum atomic E-state index is -3.16. The first-order chi connectivity index (χ1) is 9.58. The zero-order valence-electron chi connectivity index (χ0n) is 11.8. The molecule has 1 atom stereocenters. The Morgan fingerprint density at radius 2 is 1.95 bits per heavy atom. The molecule has 1 saturated heterocycles. The topological polar surface area (TPSA) is 54.5 Å². The molecule has 1 unspecified atom stereocenters. The molecule has 0 N–H and O–H groups in total. The Kier molecular flexibility index (Phi) is 4.81. The Hall–Kier alpha value is -1.36. The number of hydrogen-bond donors (Lipinski definition) is 0. The van der Waals surface area contributed by atoms with Crippen molar-refractivity contribution in [1.82, 2.24) is 0 Å². The van der Waals surface area contributed by atoms with Crippen LogP contribution in [0.25, 0.3) is 0 Å². The summed E-state index contributed by atoms with van der Waals surface area (Å²) in [6.45, 7) is 2.71. The second-order valence-electron chi connectivity index (χ2n) is 5.21. The van der Waals surface area contributed by atoms with Crippen molar-refractivity contribution < 1.29 is 13.2 Å². The predicted octanol–water partition coefficient (Wildman–Crippen LogP) is 2.43. The van der Waals surface area contributed by atoms with Gasteiger partial charge < -0.3 is 9.69 Å². The fourth-order valence-corrected chi connectivity index (χ4v) is 3.97. The van der Waals surface area contributed by atoms with Gasteiger partial charge in [0.1, 0.15) is 6.29 Å². The summed E-state index contributed by atoms with van der Waals surface area (Å²) < 4.78 is 23.9. The number of rotatable bonds is 5. The lowest BCUT2D eigenvalue weighted by Gasteiger charge is -2.34. The summed E-state index contributed by atoms with van der Waals surface area (Å²) in [5.41, 5.74) is 0.928. The maximum atomic E-state index is 12.0. The van der Waals surface area contributed by atoms with Crippen molar-refractivity contribution in [2.75, 3.05) is 17.2 Å². The Labute approximate surface area is 120 Å². The Balaban J connectivity index is 2.21. The van der Waals surface area contributed by atoms with Gasteiger partial charge in [-0.05, 0) is 49.9 Å². The molecule has 4 nitrogen and oxygen atoms in total. The number of sulfone groups is 1. The monoisotopic (exact) mass is 295 g/mol. The summed E-state index contributed by atoms with van der Waals surface area (Å²) in [6.07, 6.45) is 4.62. The van der Waals surface area contributed by atoms with Crippen LogP contribution in [0, 0.1) is 0 Å². The van der Waals surface area contributed by atoms with Gasteiger partial charge in [-0.1, -0.05) is 6.92 Å². The molecule has 2 rings (SSSR count). The Bertz CT molecular complexity index is 551. The van der Waals surface area contributed by atoms with Crippen LogP contribution in [0.15, 0.2) is 29.2 Å². The number of carbonyl (C=O) groups excluding carboxylic acids is 1. The summed E-state index contributed by atoms with van der Waals surface area (Å²) in [5, 5.41) is 0. The van der Waals surface area contributed by atoms with Gasteiger partial charge in [-0.3, -0.25) is 0 Å². The first kappa shape index (κ1) is 15.0. The molecular weight excluding hydrogens is 274 g/mol. The molecular formula is C15H21NO3S. The van der Waals surface area contributed by atoms with Crippen molar-refractivity contribution in [2.45, 2.75) is 43.5 Å². The van der Waals surface area contributed by atoms with Crippen molar-refractivity contribution in [1.29, 1.82) is 0 Å². The SMILES string of the molecule is CCCS(=O)(=O)c1ccc(N2CCCCC2C=O)cc1. The highest BCUT2D eigenvalue weighted by molar-refractivity contribution is 7.91. The van der Waals surface area contributed by atoms with Gasteiger partial charge in [-0.2, -0.15) is 0 Å². The summed E-state index contributed by atoms with van der Waals surface area (Å²) in [4.78, 5) is 13.5. The molecule has 110 valence electrons. The van der Waals surface area contributed by atoms with Gasteiger partial charge in [0.2, 0.25) is 0 Å². The Morgan fingerprint density at radius 3 is 2.55 bits per heavy atom. The van der Waals surface area contributed by atoms with Crippen LogP contribution in [-0.2, 0) is 14.6 Å². The van der Waals surface area contributed by atoms with E-state index in [2.05, 4.69) is 4.90 Å². The average Bonchev–Trinajstić information content (AvgIpc) is 2.47. The first-order valence-corrected chi connectivity index (χ1v) is 8.78. The summed E-state index contributed by atoms with van der Waals surface area (Å²) in [7, 11) is -3.16. The number of carbonyl (C=O) groups is 1. The number of benzene rings is 1. The zero-order chi connectivity index (χ0) is 14.6. The van der Waals surface area contributed by atoms with E-state index < -0.39 is 9.84 Å². The second-order valence-corrected chi connectivity index (χ2v) is 7.31. The van der Waals surface area contributed by atoms with Crippen LogP contribution in [-0.4, -0.2) is 33.0 Å². The second kappa shape index (κ2) is 6.39. The minimum Gasteiger partial charge on any atom is -0.362 e. The lowest BCUT2D eigenvalue weighted by Crippen LogP contribution is -2.40. The molecule has 1 heterocycles. The van der Waals surface area contributed by atoms with Crippen molar-refractivity contribution >= 4 is 21.8 Å². The number of nitrogens with zero attached hydrogens (tertiary/aromatic N) is 1. The van der Waals surface area contributed by atoms with E-state index in [1.165, 1.54) is 0 Å². The van der Waals surface area contributed by atoms with E-state index in [-0.39, 0.29) is 11.8 Å². The minimum absolute atomic E-state index is 0.0816. The van der Waals surface area contributed by atoms with Gasteiger partial charge in [0, 0.05) is 12.2 Å². The molecule has 5 heteroatoms. The highest BCUT2D eigenvalue weighted by Gasteiger charge is 2.22. The van der Waals surface area contributed by atoms with Crippen LogP contribution in [0.3, 0.4) is 0 Å². The van der Waals surface area contributed by atoms with E-state index >= 15 is 0 Å². The molecule has 0 saturated carbocycles. The van der Waals surface area contributed by atoms with Gasteiger partial charge >= 0.3 is 0 Å². The number of piperidine rings is 1. The van der Waals surface area contributed by atoms with E-state index in [1.807, 2.05) is 19.1 Å². The van der Waals surface area contributed by atoms with Crippen LogP contribution in [0.2, 0.25) is 0 Å². The molecule has 0 aliphatic carbocycles. The number of hydrogen-bond acceptors (Lipinski definition) is 4. The third-order valence-corrected chi connectivity index (χ3v) is 5.64. The van der Waals surface area contributed by atoms with Gasteiger partial charge in [0.15, 0.2) is 9.84 Å². The number of anilines is 1. The molecule has 1 aromatic carbocycles. The van der Waals surface area contributed by atoms with Crippen LogP contribution >= 0.6 is 0 Å². The molecule has 20 heavy (non-hydrogen) atoms. The molecule has 0 radical (unpaired) electrons. The fraction of sp³-hybridized carbons (Fsp3) is 0.533. The maximum absolute atomic E-state index is 12.0. The smallest absolute Gasteiger partial charge is 0.178 e. The first-order valence-electron chi connectivity index (χ1n) is 7.13. The normalized spacial score (nSPS) is 19.9. The van der Waals surface area contributed by atoms with Crippen LogP contribution in [0.5, 0.6) is 0 Å². The standard InChI is InChI=1S/C15H21NO3S/c1-2-11-20(18,19)15-8-6-13(7-9-15)16-10-4-3-5-14(16)12-17/h6-9,12,14H,2-5,10-11H2,1H3. The summed E-state index contributed by atoms with van der Waals surface area (Å²) >= 11 is 0. The third kappa shape index (κ3) is 3.20. The van der Waals surface area contributed by atoms with Crippen molar-refractivity contribution in [3.8, 4) is 0 Å². The number of aldehydes is 1. The molecule has 0 aromatic heterocycles. The Morgan fingerprint density at radius 1 is 1.25 bits per heavy atom. The van der Waals surface area contributed by atoms with Crippen LogP contribution in [0.4, 0.5) is 5.69 Å². The van der Waals surface area contributed by atoms with Crippen molar-refractivity contribution in [3.63, 3.8) is 0 Å². The van der Waals surface area contributed by atoms with E-state index in [0.717, 1.165) is 37.8 Å². The highest BCUT2D eigenvalue weighted by Crippen LogP contribution is 2.25. The molecule has 1 fully saturated rings. The lowest BCUT2D eigenvalue weighted by molar-refractivity contribution is -0.109. The third-order valence-electron chi connectivity index (χ3n) is 3.71. The van der Waals surface area contributed by atoms with Gasteiger partial charge in [0.05, 0.1) is 16.7 Å². The zero-order valence-corrected chi connectivity index (χ0v) is 12.6. The van der Waals surface area contributed by atoms with Gasteiger partial charge in [-0.25, -0.2) is 8.42 Å². The summed E-state index contributed by atoms with van der Waals surface area (Å²) in [6, 6.07) is 6.84. The predicted molar refractivity (Wildman–Crippen MR) is 79.8 cm³/mol. The van der Waals surface area contributed by atoms with Crippen LogP contribution < -0.4 is 4.90 Å². The molecule has 0 amide bonds. The highest BCUT2D eigenvalue weighted by atomic mass is 32.2. The largest absolute Gasteiger partial charge is 0.362 e. The van der Waals surface area contributed by atoms with E-state index in [4.69, 9.17) is 0 Å². The lowest BCUT2D eigenvalue weighted by atomic mass is 10.0.